The molecule has 0 heterocycles. The van der Waals surface area contributed by atoms with Crippen LogP contribution in [0.5, 0.6) is 0 Å². The van der Waals surface area contributed by atoms with Gasteiger partial charge in [0.25, 0.3) is 5.91 Å². The van der Waals surface area contributed by atoms with E-state index in [0.29, 0.717) is 18.0 Å². The molecule has 2 nitrogen and oxygen atoms in total. The number of alkyl halides is 1. The number of hydrogen-bond donors (Lipinski definition) is 1. The summed E-state index contributed by atoms with van der Waals surface area (Å²) < 4.78 is 13.7. The topological polar surface area (TPSA) is 29.1 Å². The molecule has 1 atom stereocenters. The number of hydrogen-bond acceptors (Lipinski definition) is 1. The summed E-state index contributed by atoms with van der Waals surface area (Å²) in [5.74, 6) is -0.407. The van der Waals surface area contributed by atoms with Gasteiger partial charge in [-0.05, 0) is 30.9 Å². The molecule has 0 bridgehead atoms. The minimum absolute atomic E-state index is 0.0726. The van der Waals surface area contributed by atoms with Gasteiger partial charge in [0.2, 0.25) is 0 Å². The molecule has 1 N–H and O–H groups in total. The Kier molecular flexibility index (Phi) is 5.60. The van der Waals surface area contributed by atoms with Crippen LogP contribution >= 0.6 is 11.6 Å². The molecule has 18 heavy (non-hydrogen) atoms. The molecule has 0 saturated heterocycles. The third kappa shape index (κ3) is 4.30. The Bertz CT molecular complexity index is 420. The number of nitrogens with one attached hydrogen (secondary N) is 1. The first kappa shape index (κ1) is 15.0. The minimum Gasteiger partial charge on any atom is -0.350 e. The highest BCUT2D eigenvalue weighted by Gasteiger charge is 2.14. The number of amides is 1. The first-order valence-corrected chi connectivity index (χ1v) is 6.52. The van der Waals surface area contributed by atoms with Crippen LogP contribution in [0.1, 0.15) is 36.2 Å². The van der Waals surface area contributed by atoms with Crippen LogP contribution in [0.25, 0.3) is 0 Å². The average molecular weight is 272 g/mol. The number of benzene rings is 1. The zero-order valence-corrected chi connectivity index (χ0v) is 11.7. The molecule has 0 aromatic heterocycles. The molecular formula is C14H19ClFNO. The van der Waals surface area contributed by atoms with E-state index in [9.17, 15) is 9.18 Å². The van der Waals surface area contributed by atoms with Gasteiger partial charge >= 0.3 is 0 Å². The van der Waals surface area contributed by atoms with Gasteiger partial charge in [0.1, 0.15) is 5.82 Å². The second-order valence-electron chi connectivity index (χ2n) is 4.87. The summed E-state index contributed by atoms with van der Waals surface area (Å²) in [5.41, 5.74) is 0.538. The second kappa shape index (κ2) is 6.74. The summed E-state index contributed by atoms with van der Waals surface area (Å²) in [4.78, 5) is 11.8. The van der Waals surface area contributed by atoms with E-state index in [0.717, 1.165) is 6.42 Å². The standard InChI is InChI=1S/C14H19ClFNO/c1-9(2)7-11(15)8-17-14(18)12-6-4-5-10(3)13(12)16/h4-6,9,11H,7-8H2,1-3H3,(H,17,18). The van der Waals surface area contributed by atoms with Crippen LogP contribution in [-0.4, -0.2) is 17.8 Å². The van der Waals surface area contributed by atoms with Gasteiger partial charge in [0, 0.05) is 6.54 Å². The lowest BCUT2D eigenvalue weighted by Gasteiger charge is -2.13. The van der Waals surface area contributed by atoms with E-state index in [4.69, 9.17) is 11.6 Å². The van der Waals surface area contributed by atoms with Gasteiger partial charge < -0.3 is 5.32 Å². The fraction of sp³-hybridized carbons (Fsp3) is 0.500. The van der Waals surface area contributed by atoms with Crippen LogP contribution in [-0.2, 0) is 0 Å². The maximum atomic E-state index is 13.7. The van der Waals surface area contributed by atoms with Crippen LogP contribution in [0.2, 0.25) is 0 Å². The van der Waals surface area contributed by atoms with E-state index in [1.807, 2.05) is 0 Å². The van der Waals surface area contributed by atoms with Crippen LogP contribution < -0.4 is 5.32 Å². The van der Waals surface area contributed by atoms with Crippen molar-refractivity contribution in [1.82, 2.24) is 5.32 Å². The molecule has 1 amide bonds. The predicted octanol–water partition coefficient (Wildman–Crippen LogP) is 3.52. The lowest BCUT2D eigenvalue weighted by atomic mass is 10.1. The fourth-order valence-electron chi connectivity index (χ4n) is 1.72. The molecule has 1 rings (SSSR count). The molecule has 1 aromatic rings. The Morgan fingerprint density at radius 2 is 2.11 bits per heavy atom. The number of rotatable bonds is 5. The molecule has 0 fully saturated rings. The van der Waals surface area contributed by atoms with Crippen molar-refractivity contribution in [3.05, 3.63) is 35.1 Å². The number of aryl methyl sites for hydroxylation is 1. The molecule has 0 aliphatic heterocycles. The molecule has 1 aromatic carbocycles. The lowest BCUT2D eigenvalue weighted by molar-refractivity contribution is 0.0948. The lowest BCUT2D eigenvalue weighted by Crippen LogP contribution is -2.31. The Morgan fingerprint density at radius 3 is 2.72 bits per heavy atom. The van der Waals surface area contributed by atoms with Crippen molar-refractivity contribution in [3.63, 3.8) is 0 Å². The van der Waals surface area contributed by atoms with Gasteiger partial charge in [-0.2, -0.15) is 0 Å². The van der Waals surface area contributed by atoms with Gasteiger partial charge in [-0.15, -0.1) is 11.6 Å². The van der Waals surface area contributed by atoms with Gasteiger partial charge in [0.05, 0.1) is 10.9 Å². The fourth-order valence-corrected chi connectivity index (χ4v) is 2.15. The smallest absolute Gasteiger partial charge is 0.254 e. The summed E-state index contributed by atoms with van der Waals surface area (Å²) in [7, 11) is 0. The van der Waals surface area contributed by atoms with Gasteiger partial charge in [0.15, 0.2) is 0 Å². The maximum Gasteiger partial charge on any atom is 0.254 e. The zero-order valence-electron chi connectivity index (χ0n) is 11.0. The van der Waals surface area contributed by atoms with Crippen LogP contribution in [0.15, 0.2) is 18.2 Å². The summed E-state index contributed by atoms with van der Waals surface area (Å²) in [6.07, 6.45) is 0.818. The highest BCUT2D eigenvalue weighted by molar-refractivity contribution is 6.20. The van der Waals surface area contributed by atoms with E-state index in [-0.39, 0.29) is 10.9 Å². The van der Waals surface area contributed by atoms with Crippen LogP contribution in [0, 0.1) is 18.7 Å². The number of carbonyl (C=O) groups is 1. The third-order valence-electron chi connectivity index (χ3n) is 2.65. The largest absolute Gasteiger partial charge is 0.350 e. The van der Waals surface area contributed by atoms with Crippen molar-refractivity contribution in [2.24, 2.45) is 5.92 Å². The molecule has 1 unspecified atom stereocenters. The molecule has 100 valence electrons. The molecule has 0 radical (unpaired) electrons. The summed E-state index contributed by atoms with van der Waals surface area (Å²) in [6, 6.07) is 4.78. The monoisotopic (exact) mass is 271 g/mol. The van der Waals surface area contributed by atoms with Crippen LogP contribution in [0.4, 0.5) is 4.39 Å². The van der Waals surface area contributed by atoms with Gasteiger partial charge in [-0.3, -0.25) is 4.79 Å². The van der Waals surface area contributed by atoms with E-state index < -0.39 is 11.7 Å². The Morgan fingerprint density at radius 1 is 1.44 bits per heavy atom. The maximum absolute atomic E-state index is 13.7. The van der Waals surface area contributed by atoms with Crippen molar-refractivity contribution >= 4 is 17.5 Å². The van der Waals surface area contributed by atoms with Gasteiger partial charge in [-0.1, -0.05) is 26.0 Å². The van der Waals surface area contributed by atoms with Crippen molar-refractivity contribution in [1.29, 1.82) is 0 Å². The van der Waals surface area contributed by atoms with Crippen molar-refractivity contribution in [3.8, 4) is 0 Å². The normalized spacial score (nSPS) is 12.6. The first-order valence-electron chi connectivity index (χ1n) is 6.09. The first-order chi connectivity index (χ1) is 8.41. The SMILES string of the molecule is Cc1cccc(C(=O)NCC(Cl)CC(C)C)c1F. The van der Waals surface area contributed by atoms with E-state index in [1.54, 1.807) is 19.1 Å². The molecule has 4 heteroatoms. The summed E-state index contributed by atoms with van der Waals surface area (Å²) >= 11 is 6.07. The van der Waals surface area contributed by atoms with E-state index in [2.05, 4.69) is 19.2 Å². The molecular weight excluding hydrogens is 253 g/mol. The van der Waals surface area contributed by atoms with E-state index in [1.165, 1.54) is 6.07 Å². The highest BCUT2D eigenvalue weighted by Crippen LogP contribution is 2.13. The summed E-state index contributed by atoms with van der Waals surface area (Å²) in [5, 5.41) is 2.54. The van der Waals surface area contributed by atoms with Crippen molar-refractivity contribution in [2.45, 2.75) is 32.6 Å². The Balaban J connectivity index is 2.58. The van der Waals surface area contributed by atoms with Crippen molar-refractivity contribution in [2.75, 3.05) is 6.54 Å². The number of halogens is 2. The van der Waals surface area contributed by atoms with E-state index >= 15 is 0 Å². The second-order valence-corrected chi connectivity index (χ2v) is 5.49. The quantitative estimate of drug-likeness (QED) is 0.816. The zero-order chi connectivity index (χ0) is 13.7. The Hall–Kier alpha value is -1.09. The summed E-state index contributed by atoms with van der Waals surface area (Å²) in [6.45, 7) is 6.12. The van der Waals surface area contributed by atoms with Crippen LogP contribution in [0.3, 0.4) is 0 Å². The highest BCUT2D eigenvalue weighted by atomic mass is 35.5. The van der Waals surface area contributed by atoms with Gasteiger partial charge in [-0.25, -0.2) is 4.39 Å². The third-order valence-corrected chi connectivity index (χ3v) is 2.98. The molecule has 0 aliphatic carbocycles. The molecule has 0 saturated carbocycles. The van der Waals surface area contributed by atoms with Crippen molar-refractivity contribution < 1.29 is 9.18 Å². The minimum atomic E-state index is -0.468. The predicted molar refractivity (Wildman–Crippen MR) is 72.6 cm³/mol. The Labute approximate surface area is 113 Å². The number of carbonyl (C=O) groups excluding carboxylic acids is 1. The average Bonchev–Trinajstić information content (AvgIpc) is 2.29. The molecule has 0 spiro atoms. The molecule has 0 aliphatic rings.